The Morgan fingerprint density at radius 3 is 2.43 bits per heavy atom. The number of carbonyl (C=O) groups is 2. The number of benzene rings is 2. The lowest BCUT2D eigenvalue weighted by molar-refractivity contribution is -0.132. The van der Waals surface area contributed by atoms with Gasteiger partial charge in [0, 0.05) is 37.8 Å². The molecule has 2 aromatic rings. The molecule has 1 heterocycles. The molecule has 0 fully saturated rings. The maximum Gasteiger partial charge on any atom is 0.308 e. The number of carbonyl (C=O) groups excluding carboxylic acids is 2. The van der Waals surface area contributed by atoms with Gasteiger partial charge in [0.1, 0.15) is 11.5 Å². The standard InChI is InChI=1S/C22H22O6/c1-12-8-17(27-14(3)23)11-21-22(12)18(9-13(2)26-21)16-6-7-19(28-15(4)24)20(10-16)25-5/h6-8,10-11,18H,2,9H2,1,3-5H3. The largest absolute Gasteiger partial charge is 0.493 e. The van der Waals surface area contributed by atoms with Crippen LogP contribution in [0.4, 0.5) is 0 Å². The third kappa shape index (κ3) is 4.01. The number of hydrogen-bond donors (Lipinski definition) is 0. The summed E-state index contributed by atoms with van der Waals surface area (Å²) in [5.41, 5.74) is 2.90. The van der Waals surface area contributed by atoms with Crippen LogP contribution in [-0.2, 0) is 9.59 Å². The Morgan fingerprint density at radius 1 is 1.07 bits per heavy atom. The van der Waals surface area contributed by atoms with Crippen molar-refractivity contribution in [1.29, 1.82) is 0 Å². The smallest absolute Gasteiger partial charge is 0.308 e. The maximum atomic E-state index is 11.3. The van der Waals surface area contributed by atoms with Crippen LogP contribution >= 0.6 is 0 Å². The molecular weight excluding hydrogens is 360 g/mol. The predicted octanol–water partition coefficient (Wildman–Crippen LogP) is 4.28. The van der Waals surface area contributed by atoms with Crippen LogP contribution in [0.3, 0.4) is 0 Å². The molecule has 0 saturated heterocycles. The van der Waals surface area contributed by atoms with E-state index in [4.69, 9.17) is 18.9 Å². The lowest BCUT2D eigenvalue weighted by Crippen LogP contribution is -2.15. The topological polar surface area (TPSA) is 71.1 Å². The second kappa shape index (κ2) is 7.76. The van der Waals surface area contributed by atoms with Crippen molar-refractivity contribution in [2.75, 3.05) is 7.11 Å². The molecule has 146 valence electrons. The average molecular weight is 382 g/mol. The van der Waals surface area contributed by atoms with E-state index in [1.165, 1.54) is 21.0 Å². The molecule has 28 heavy (non-hydrogen) atoms. The Bertz CT molecular complexity index is 960. The first-order chi connectivity index (χ1) is 13.3. The van der Waals surface area contributed by atoms with Gasteiger partial charge in [0.15, 0.2) is 11.5 Å². The van der Waals surface area contributed by atoms with E-state index in [1.807, 2.05) is 25.1 Å². The van der Waals surface area contributed by atoms with E-state index in [1.54, 1.807) is 12.1 Å². The van der Waals surface area contributed by atoms with Gasteiger partial charge in [0.05, 0.1) is 12.9 Å². The zero-order valence-corrected chi connectivity index (χ0v) is 16.3. The lowest BCUT2D eigenvalue weighted by Gasteiger charge is -2.29. The van der Waals surface area contributed by atoms with Crippen molar-refractivity contribution in [3.8, 4) is 23.0 Å². The number of esters is 2. The molecule has 0 spiro atoms. The SMILES string of the molecule is C=C1CC(c2ccc(OC(C)=O)c(OC)c2)c2c(C)cc(OC(C)=O)cc2O1. The van der Waals surface area contributed by atoms with Gasteiger partial charge in [-0.25, -0.2) is 0 Å². The van der Waals surface area contributed by atoms with Gasteiger partial charge in [-0.2, -0.15) is 0 Å². The molecule has 0 radical (unpaired) electrons. The van der Waals surface area contributed by atoms with E-state index in [9.17, 15) is 9.59 Å². The number of rotatable bonds is 4. The van der Waals surface area contributed by atoms with E-state index < -0.39 is 11.9 Å². The van der Waals surface area contributed by atoms with Crippen molar-refractivity contribution in [3.63, 3.8) is 0 Å². The van der Waals surface area contributed by atoms with Crippen LogP contribution in [0.25, 0.3) is 0 Å². The second-order valence-corrected chi connectivity index (χ2v) is 6.65. The Balaban J connectivity index is 2.06. The zero-order valence-electron chi connectivity index (χ0n) is 16.3. The first-order valence-corrected chi connectivity index (χ1v) is 8.83. The molecule has 6 nitrogen and oxygen atoms in total. The van der Waals surface area contributed by atoms with Crippen LogP contribution in [-0.4, -0.2) is 19.0 Å². The molecule has 1 aliphatic heterocycles. The first kappa shape index (κ1) is 19.5. The summed E-state index contributed by atoms with van der Waals surface area (Å²) in [6, 6.07) is 8.98. The third-order valence-corrected chi connectivity index (χ3v) is 4.46. The van der Waals surface area contributed by atoms with Crippen LogP contribution in [0.1, 0.15) is 42.9 Å². The Labute approximate surface area is 163 Å². The number of allylic oxidation sites excluding steroid dienone is 1. The fourth-order valence-electron chi connectivity index (χ4n) is 3.44. The monoisotopic (exact) mass is 382 g/mol. The fourth-order valence-corrected chi connectivity index (χ4v) is 3.44. The van der Waals surface area contributed by atoms with E-state index in [-0.39, 0.29) is 5.92 Å². The quantitative estimate of drug-likeness (QED) is 0.581. The van der Waals surface area contributed by atoms with Gasteiger partial charge < -0.3 is 18.9 Å². The van der Waals surface area contributed by atoms with Crippen molar-refractivity contribution >= 4 is 11.9 Å². The average Bonchev–Trinajstić information content (AvgIpc) is 2.59. The predicted molar refractivity (Wildman–Crippen MR) is 103 cm³/mol. The summed E-state index contributed by atoms with van der Waals surface area (Å²) >= 11 is 0. The second-order valence-electron chi connectivity index (χ2n) is 6.65. The molecule has 1 aliphatic rings. The Kier molecular flexibility index (Phi) is 5.40. The van der Waals surface area contributed by atoms with Crippen LogP contribution in [0.2, 0.25) is 0 Å². The summed E-state index contributed by atoms with van der Waals surface area (Å²) in [7, 11) is 1.53. The molecule has 0 amide bonds. The zero-order chi connectivity index (χ0) is 20.4. The van der Waals surface area contributed by atoms with Gasteiger partial charge in [-0.3, -0.25) is 9.59 Å². The molecule has 0 aliphatic carbocycles. The molecule has 0 bridgehead atoms. The van der Waals surface area contributed by atoms with Crippen molar-refractivity contribution in [3.05, 3.63) is 59.4 Å². The van der Waals surface area contributed by atoms with Crippen molar-refractivity contribution in [1.82, 2.24) is 0 Å². The minimum atomic E-state index is -0.412. The summed E-state index contributed by atoms with van der Waals surface area (Å²) in [5, 5.41) is 0. The summed E-state index contributed by atoms with van der Waals surface area (Å²) in [5.74, 6) is 1.66. The summed E-state index contributed by atoms with van der Waals surface area (Å²) < 4.78 is 21.6. The Morgan fingerprint density at radius 2 is 1.79 bits per heavy atom. The number of aryl methyl sites for hydroxylation is 1. The lowest BCUT2D eigenvalue weighted by atomic mass is 9.83. The number of fused-ring (bicyclic) bond motifs is 1. The molecule has 6 heteroatoms. The van der Waals surface area contributed by atoms with E-state index in [2.05, 4.69) is 6.58 Å². The third-order valence-electron chi connectivity index (χ3n) is 4.46. The van der Waals surface area contributed by atoms with Crippen LogP contribution < -0.4 is 18.9 Å². The highest BCUT2D eigenvalue weighted by molar-refractivity contribution is 5.71. The number of ether oxygens (including phenoxy) is 4. The van der Waals surface area contributed by atoms with E-state index in [0.717, 1.165) is 16.7 Å². The number of methoxy groups -OCH3 is 1. The minimum Gasteiger partial charge on any atom is -0.493 e. The highest BCUT2D eigenvalue weighted by atomic mass is 16.6. The maximum absolute atomic E-state index is 11.3. The molecular formula is C22H22O6. The van der Waals surface area contributed by atoms with Crippen LogP contribution in [0.15, 0.2) is 42.7 Å². The fraction of sp³-hybridized carbons (Fsp3) is 0.273. The molecule has 1 atom stereocenters. The number of hydrogen-bond acceptors (Lipinski definition) is 6. The summed E-state index contributed by atoms with van der Waals surface area (Å²) in [6.45, 7) is 8.62. The molecule has 0 saturated carbocycles. The highest BCUT2D eigenvalue weighted by Crippen LogP contribution is 2.46. The van der Waals surface area contributed by atoms with Crippen molar-refractivity contribution < 1.29 is 28.5 Å². The first-order valence-electron chi connectivity index (χ1n) is 8.83. The van der Waals surface area contributed by atoms with E-state index >= 15 is 0 Å². The summed E-state index contributed by atoms with van der Waals surface area (Å²) in [6.07, 6.45) is 0.594. The van der Waals surface area contributed by atoms with E-state index in [0.29, 0.717) is 35.2 Å². The molecule has 0 aromatic heterocycles. The van der Waals surface area contributed by atoms with Gasteiger partial charge in [-0.1, -0.05) is 12.6 Å². The normalized spacial score (nSPS) is 15.3. The van der Waals surface area contributed by atoms with Gasteiger partial charge in [0.25, 0.3) is 0 Å². The Hall–Kier alpha value is -3.28. The van der Waals surface area contributed by atoms with Gasteiger partial charge in [-0.15, -0.1) is 0 Å². The van der Waals surface area contributed by atoms with Gasteiger partial charge in [0.2, 0.25) is 0 Å². The molecule has 3 rings (SSSR count). The van der Waals surface area contributed by atoms with Crippen LogP contribution in [0, 0.1) is 6.92 Å². The highest BCUT2D eigenvalue weighted by Gasteiger charge is 2.29. The van der Waals surface area contributed by atoms with Gasteiger partial charge in [-0.05, 0) is 36.2 Å². The molecule has 2 aromatic carbocycles. The summed E-state index contributed by atoms with van der Waals surface area (Å²) in [4.78, 5) is 22.6. The van der Waals surface area contributed by atoms with Crippen molar-refractivity contribution in [2.24, 2.45) is 0 Å². The van der Waals surface area contributed by atoms with Crippen molar-refractivity contribution in [2.45, 2.75) is 33.1 Å². The molecule has 1 unspecified atom stereocenters. The van der Waals surface area contributed by atoms with Gasteiger partial charge >= 0.3 is 11.9 Å². The van der Waals surface area contributed by atoms with Crippen LogP contribution in [0.5, 0.6) is 23.0 Å². The minimum absolute atomic E-state index is 0.0251. The molecule has 0 N–H and O–H groups in total.